The van der Waals surface area contributed by atoms with Crippen molar-refractivity contribution in [3.8, 4) is 0 Å². The Morgan fingerprint density at radius 2 is 2.05 bits per heavy atom. The van der Waals surface area contributed by atoms with Gasteiger partial charge in [-0.25, -0.2) is 0 Å². The van der Waals surface area contributed by atoms with Gasteiger partial charge in [0.1, 0.15) is 5.56 Å². The smallest absolute Gasteiger partial charge is 0.282 e. The fourth-order valence-corrected chi connectivity index (χ4v) is 2.16. The van der Waals surface area contributed by atoms with E-state index in [1.165, 1.54) is 18.2 Å². The molecule has 1 amide bonds. The summed E-state index contributed by atoms with van der Waals surface area (Å²) < 4.78 is 1.74. The highest BCUT2D eigenvalue weighted by atomic mass is 16.6. The lowest BCUT2D eigenvalue weighted by molar-refractivity contribution is -0.385. The fraction of sp³-hybridized carbons (Fsp3) is 0.286. The monoisotopic (exact) mass is 288 g/mol. The van der Waals surface area contributed by atoms with Crippen LogP contribution in [-0.2, 0) is 13.6 Å². The first kappa shape index (κ1) is 14.7. The van der Waals surface area contributed by atoms with E-state index in [2.05, 4.69) is 10.4 Å². The number of nitrogens with one attached hydrogen (secondary N) is 1. The van der Waals surface area contributed by atoms with Crippen molar-refractivity contribution < 1.29 is 9.72 Å². The number of nitro groups is 1. The highest BCUT2D eigenvalue weighted by Crippen LogP contribution is 2.18. The normalized spacial score (nSPS) is 10.4. The van der Waals surface area contributed by atoms with E-state index in [0.717, 1.165) is 17.0 Å². The molecule has 21 heavy (non-hydrogen) atoms. The van der Waals surface area contributed by atoms with Crippen LogP contribution in [0.15, 0.2) is 24.3 Å². The number of para-hydroxylation sites is 1. The number of hydrogen-bond acceptors (Lipinski definition) is 4. The van der Waals surface area contributed by atoms with E-state index >= 15 is 0 Å². The molecule has 1 N–H and O–H groups in total. The Kier molecular flexibility index (Phi) is 4.02. The molecule has 0 saturated carbocycles. The van der Waals surface area contributed by atoms with Crippen LogP contribution < -0.4 is 5.32 Å². The van der Waals surface area contributed by atoms with Crippen LogP contribution in [0.2, 0.25) is 0 Å². The van der Waals surface area contributed by atoms with E-state index in [1.54, 1.807) is 10.7 Å². The molecule has 2 rings (SSSR count). The van der Waals surface area contributed by atoms with E-state index in [0.29, 0.717) is 0 Å². The number of hydrogen-bond donors (Lipinski definition) is 1. The first-order valence-electron chi connectivity index (χ1n) is 6.42. The van der Waals surface area contributed by atoms with Gasteiger partial charge in [0.25, 0.3) is 11.6 Å². The summed E-state index contributed by atoms with van der Waals surface area (Å²) in [4.78, 5) is 22.5. The molecule has 0 aliphatic heterocycles. The maximum Gasteiger partial charge on any atom is 0.282 e. The van der Waals surface area contributed by atoms with Crippen LogP contribution in [0.3, 0.4) is 0 Å². The van der Waals surface area contributed by atoms with E-state index < -0.39 is 10.8 Å². The summed E-state index contributed by atoms with van der Waals surface area (Å²) in [5.74, 6) is -0.468. The Hall–Kier alpha value is -2.70. The maximum absolute atomic E-state index is 12.1. The summed E-state index contributed by atoms with van der Waals surface area (Å²) in [5.41, 5.74) is 2.56. The SMILES string of the molecule is Cc1nn(C)c(C)c1CNC(=O)c1ccccc1[N+](=O)[O-]. The lowest BCUT2D eigenvalue weighted by Gasteiger charge is -2.06. The van der Waals surface area contributed by atoms with Gasteiger partial charge in [-0.3, -0.25) is 19.6 Å². The Bertz CT molecular complexity index is 706. The van der Waals surface area contributed by atoms with Crippen LogP contribution in [0.4, 0.5) is 5.69 Å². The Morgan fingerprint density at radius 1 is 1.38 bits per heavy atom. The molecule has 1 aromatic heterocycles. The highest BCUT2D eigenvalue weighted by Gasteiger charge is 2.19. The van der Waals surface area contributed by atoms with Crippen LogP contribution in [0.5, 0.6) is 0 Å². The third-order valence-electron chi connectivity index (χ3n) is 3.43. The van der Waals surface area contributed by atoms with Crippen molar-refractivity contribution in [2.75, 3.05) is 0 Å². The molecule has 0 bridgehead atoms. The van der Waals surface area contributed by atoms with E-state index in [1.807, 2.05) is 20.9 Å². The van der Waals surface area contributed by atoms with Crippen LogP contribution >= 0.6 is 0 Å². The quantitative estimate of drug-likeness (QED) is 0.687. The molecule has 2 aromatic rings. The molecule has 0 unspecified atom stereocenters. The number of aromatic nitrogens is 2. The fourth-order valence-electron chi connectivity index (χ4n) is 2.16. The van der Waals surface area contributed by atoms with Gasteiger partial charge in [0.15, 0.2) is 0 Å². The maximum atomic E-state index is 12.1. The van der Waals surface area contributed by atoms with Gasteiger partial charge in [-0.2, -0.15) is 5.10 Å². The lowest BCUT2D eigenvalue weighted by Crippen LogP contribution is -2.24. The third-order valence-corrected chi connectivity index (χ3v) is 3.43. The summed E-state index contributed by atoms with van der Waals surface area (Å²) >= 11 is 0. The van der Waals surface area contributed by atoms with Gasteiger partial charge < -0.3 is 5.32 Å². The number of nitrogens with zero attached hydrogens (tertiary/aromatic N) is 3. The molecule has 1 aromatic carbocycles. The van der Waals surface area contributed by atoms with Crippen LogP contribution in [0, 0.1) is 24.0 Å². The van der Waals surface area contributed by atoms with Crippen LogP contribution in [0.25, 0.3) is 0 Å². The Morgan fingerprint density at radius 3 is 2.62 bits per heavy atom. The van der Waals surface area contributed by atoms with Gasteiger partial charge >= 0.3 is 0 Å². The molecular weight excluding hydrogens is 272 g/mol. The van der Waals surface area contributed by atoms with Gasteiger partial charge in [0, 0.05) is 30.9 Å². The van der Waals surface area contributed by atoms with E-state index in [-0.39, 0.29) is 17.8 Å². The Labute approximate surface area is 121 Å². The standard InChI is InChI=1S/C14H16N4O3/c1-9-12(10(2)17(3)16-9)8-15-14(19)11-6-4-5-7-13(11)18(20)21/h4-7H,8H2,1-3H3,(H,15,19). The van der Waals surface area contributed by atoms with Crippen molar-refractivity contribution in [2.45, 2.75) is 20.4 Å². The molecule has 110 valence electrons. The van der Waals surface area contributed by atoms with Gasteiger partial charge in [-0.1, -0.05) is 12.1 Å². The molecule has 0 fully saturated rings. The molecule has 0 aliphatic rings. The van der Waals surface area contributed by atoms with Gasteiger partial charge in [-0.05, 0) is 19.9 Å². The van der Waals surface area contributed by atoms with Gasteiger partial charge in [0.05, 0.1) is 10.6 Å². The molecule has 7 nitrogen and oxygen atoms in total. The second-order valence-electron chi connectivity index (χ2n) is 4.73. The highest BCUT2D eigenvalue weighted by molar-refractivity contribution is 5.98. The molecule has 0 aliphatic carbocycles. The van der Waals surface area contributed by atoms with Crippen molar-refractivity contribution >= 4 is 11.6 Å². The molecule has 7 heteroatoms. The molecule has 0 radical (unpaired) electrons. The largest absolute Gasteiger partial charge is 0.348 e. The number of carbonyl (C=O) groups excluding carboxylic acids is 1. The van der Waals surface area contributed by atoms with Gasteiger partial charge in [-0.15, -0.1) is 0 Å². The minimum absolute atomic E-state index is 0.0571. The number of benzene rings is 1. The number of carbonyl (C=O) groups is 1. The average molecular weight is 288 g/mol. The zero-order valence-corrected chi connectivity index (χ0v) is 12.1. The number of amides is 1. The first-order chi connectivity index (χ1) is 9.91. The lowest BCUT2D eigenvalue weighted by atomic mass is 10.1. The second-order valence-corrected chi connectivity index (χ2v) is 4.73. The van der Waals surface area contributed by atoms with Crippen molar-refractivity contribution in [1.82, 2.24) is 15.1 Å². The molecule has 0 saturated heterocycles. The summed E-state index contributed by atoms with van der Waals surface area (Å²) in [6, 6.07) is 5.89. The summed E-state index contributed by atoms with van der Waals surface area (Å²) in [5, 5.41) is 17.9. The molecule has 0 atom stereocenters. The topological polar surface area (TPSA) is 90.1 Å². The number of rotatable bonds is 4. The minimum Gasteiger partial charge on any atom is -0.348 e. The van der Waals surface area contributed by atoms with Crippen molar-refractivity contribution in [2.24, 2.45) is 7.05 Å². The molecule has 0 spiro atoms. The van der Waals surface area contributed by atoms with Crippen LogP contribution in [-0.4, -0.2) is 20.6 Å². The second kappa shape index (κ2) is 5.74. The predicted octanol–water partition coefficient (Wildman–Crippen LogP) is 1.88. The molecular formula is C14H16N4O3. The summed E-state index contributed by atoms with van der Waals surface area (Å²) in [6.07, 6.45) is 0. The Balaban J connectivity index is 2.18. The average Bonchev–Trinajstić information content (AvgIpc) is 2.70. The van der Waals surface area contributed by atoms with Crippen molar-refractivity contribution in [1.29, 1.82) is 0 Å². The van der Waals surface area contributed by atoms with Crippen LogP contribution in [0.1, 0.15) is 27.3 Å². The van der Waals surface area contributed by atoms with Gasteiger partial charge in [0.2, 0.25) is 0 Å². The molecule has 1 heterocycles. The van der Waals surface area contributed by atoms with Crippen molar-refractivity contribution in [3.63, 3.8) is 0 Å². The third kappa shape index (κ3) is 2.91. The van der Waals surface area contributed by atoms with E-state index in [9.17, 15) is 14.9 Å². The number of nitro benzene ring substituents is 1. The zero-order valence-electron chi connectivity index (χ0n) is 12.1. The van der Waals surface area contributed by atoms with Crippen molar-refractivity contribution in [3.05, 3.63) is 56.9 Å². The first-order valence-corrected chi connectivity index (χ1v) is 6.42. The zero-order chi connectivity index (χ0) is 15.6. The number of aryl methyl sites for hydroxylation is 2. The predicted molar refractivity (Wildman–Crippen MR) is 76.9 cm³/mol. The summed E-state index contributed by atoms with van der Waals surface area (Å²) in [7, 11) is 1.83. The summed E-state index contributed by atoms with van der Waals surface area (Å²) in [6.45, 7) is 4.06. The minimum atomic E-state index is -0.560. The van der Waals surface area contributed by atoms with E-state index in [4.69, 9.17) is 0 Å².